The molecule has 4 rings (SSSR count). The van der Waals surface area contributed by atoms with Gasteiger partial charge in [0, 0.05) is 17.5 Å². The number of carbonyl (C=O) groups excluding carboxylic acids is 1. The SMILES string of the molecule is O=C(O)c1ccc(C(=O)NC2CCCc3c2cnn3-c2ccccc2F)nc1. The Bertz CT molecular complexity index is 1050. The highest BCUT2D eigenvalue weighted by atomic mass is 19.1. The van der Waals surface area contributed by atoms with Gasteiger partial charge in [0.1, 0.15) is 17.2 Å². The van der Waals surface area contributed by atoms with Crippen LogP contribution in [-0.4, -0.2) is 31.7 Å². The van der Waals surface area contributed by atoms with Crippen molar-refractivity contribution >= 4 is 11.9 Å². The van der Waals surface area contributed by atoms with Crippen LogP contribution < -0.4 is 5.32 Å². The number of carboxylic acids is 1. The topological polar surface area (TPSA) is 97.1 Å². The molecule has 2 heterocycles. The van der Waals surface area contributed by atoms with E-state index in [0.717, 1.165) is 36.7 Å². The van der Waals surface area contributed by atoms with Gasteiger partial charge in [0.2, 0.25) is 0 Å². The number of hydrogen-bond acceptors (Lipinski definition) is 4. The Morgan fingerprint density at radius 1 is 1.18 bits per heavy atom. The Kier molecular flexibility index (Phi) is 4.60. The third kappa shape index (κ3) is 3.24. The maximum Gasteiger partial charge on any atom is 0.337 e. The number of amides is 1. The Morgan fingerprint density at radius 3 is 2.71 bits per heavy atom. The van der Waals surface area contributed by atoms with Crippen molar-refractivity contribution in [2.24, 2.45) is 0 Å². The summed E-state index contributed by atoms with van der Waals surface area (Å²) in [6.07, 6.45) is 5.10. The molecule has 0 saturated heterocycles. The number of fused-ring (bicyclic) bond motifs is 1. The first-order valence-corrected chi connectivity index (χ1v) is 8.86. The van der Waals surface area contributed by atoms with E-state index < -0.39 is 11.9 Å². The molecule has 1 aliphatic rings. The highest BCUT2D eigenvalue weighted by Gasteiger charge is 2.27. The number of aromatic carboxylic acids is 1. The summed E-state index contributed by atoms with van der Waals surface area (Å²) in [6.45, 7) is 0. The fourth-order valence-corrected chi connectivity index (χ4v) is 3.42. The lowest BCUT2D eigenvalue weighted by molar-refractivity contribution is 0.0695. The van der Waals surface area contributed by atoms with Gasteiger partial charge in [-0.05, 0) is 43.5 Å². The van der Waals surface area contributed by atoms with Crippen LogP contribution in [0.15, 0.2) is 48.8 Å². The Labute approximate surface area is 159 Å². The monoisotopic (exact) mass is 380 g/mol. The fourth-order valence-electron chi connectivity index (χ4n) is 3.42. The highest BCUT2D eigenvalue weighted by molar-refractivity contribution is 5.94. The molecule has 1 amide bonds. The van der Waals surface area contributed by atoms with Crippen molar-refractivity contribution in [2.45, 2.75) is 25.3 Å². The summed E-state index contributed by atoms with van der Waals surface area (Å²) in [5, 5.41) is 16.2. The van der Waals surface area contributed by atoms with Crippen molar-refractivity contribution in [3.05, 3.63) is 77.1 Å². The normalized spacial score (nSPS) is 15.7. The molecule has 0 fully saturated rings. The minimum Gasteiger partial charge on any atom is -0.478 e. The van der Waals surface area contributed by atoms with E-state index in [1.165, 1.54) is 18.2 Å². The van der Waals surface area contributed by atoms with Crippen LogP contribution >= 0.6 is 0 Å². The summed E-state index contributed by atoms with van der Waals surface area (Å²) >= 11 is 0. The lowest BCUT2D eigenvalue weighted by atomic mass is 9.92. The summed E-state index contributed by atoms with van der Waals surface area (Å²) in [5.41, 5.74) is 2.25. The summed E-state index contributed by atoms with van der Waals surface area (Å²) in [6, 6.07) is 8.88. The smallest absolute Gasteiger partial charge is 0.337 e. The van der Waals surface area contributed by atoms with Crippen LogP contribution in [0.4, 0.5) is 4.39 Å². The van der Waals surface area contributed by atoms with E-state index in [1.54, 1.807) is 29.1 Å². The van der Waals surface area contributed by atoms with Gasteiger partial charge in [0.25, 0.3) is 5.91 Å². The third-order valence-corrected chi connectivity index (χ3v) is 4.81. The molecule has 1 atom stereocenters. The third-order valence-electron chi connectivity index (χ3n) is 4.81. The molecular formula is C20H17FN4O3. The predicted molar refractivity (Wildman–Crippen MR) is 97.9 cm³/mol. The maximum atomic E-state index is 14.2. The second-order valence-electron chi connectivity index (χ2n) is 6.57. The molecule has 0 spiro atoms. The first kappa shape index (κ1) is 17.8. The second-order valence-corrected chi connectivity index (χ2v) is 6.57. The zero-order valence-electron chi connectivity index (χ0n) is 14.8. The minimum atomic E-state index is -1.10. The van der Waals surface area contributed by atoms with Gasteiger partial charge in [-0.3, -0.25) is 9.78 Å². The van der Waals surface area contributed by atoms with Crippen molar-refractivity contribution in [3.63, 3.8) is 0 Å². The van der Waals surface area contributed by atoms with Crippen molar-refractivity contribution in [1.29, 1.82) is 0 Å². The number of para-hydroxylation sites is 1. The molecule has 0 radical (unpaired) electrons. The molecule has 142 valence electrons. The van der Waals surface area contributed by atoms with E-state index in [1.807, 2.05) is 0 Å². The lowest BCUT2D eigenvalue weighted by Crippen LogP contribution is -2.31. The van der Waals surface area contributed by atoms with Crippen LogP contribution in [0.1, 0.15) is 51.0 Å². The van der Waals surface area contributed by atoms with Crippen molar-refractivity contribution in [2.75, 3.05) is 0 Å². The van der Waals surface area contributed by atoms with Crippen LogP contribution in [0.5, 0.6) is 0 Å². The minimum absolute atomic E-state index is 0.0164. The van der Waals surface area contributed by atoms with Gasteiger partial charge in [-0.25, -0.2) is 13.9 Å². The Hall–Kier alpha value is -3.55. The quantitative estimate of drug-likeness (QED) is 0.725. The van der Waals surface area contributed by atoms with Crippen molar-refractivity contribution in [3.8, 4) is 5.69 Å². The van der Waals surface area contributed by atoms with Crippen LogP contribution in [0.25, 0.3) is 5.69 Å². The van der Waals surface area contributed by atoms with Crippen LogP contribution in [0.2, 0.25) is 0 Å². The van der Waals surface area contributed by atoms with Crippen LogP contribution in [-0.2, 0) is 6.42 Å². The van der Waals surface area contributed by atoms with E-state index in [4.69, 9.17) is 5.11 Å². The second kappa shape index (κ2) is 7.22. The molecule has 7 nitrogen and oxygen atoms in total. The van der Waals surface area contributed by atoms with Crippen LogP contribution in [0.3, 0.4) is 0 Å². The first-order valence-electron chi connectivity index (χ1n) is 8.86. The van der Waals surface area contributed by atoms with Gasteiger partial charge in [-0.1, -0.05) is 12.1 Å². The van der Waals surface area contributed by atoms with Gasteiger partial charge >= 0.3 is 5.97 Å². The van der Waals surface area contributed by atoms with Crippen LogP contribution in [0, 0.1) is 5.82 Å². The number of carbonyl (C=O) groups is 2. The molecule has 28 heavy (non-hydrogen) atoms. The van der Waals surface area contributed by atoms with Gasteiger partial charge in [0.05, 0.1) is 17.8 Å². The first-order chi connectivity index (χ1) is 13.5. The van der Waals surface area contributed by atoms with E-state index in [9.17, 15) is 14.0 Å². The molecule has 0 saturated carbocycles. The molecule has 2 aromatic heterocycles. The van der Waals surface area contributed by atoms with E-state index >= 15 is 0 Å². The van der Waals surface area contributed by atoms with E-state index in [-0.39, 0.29) is 23.1 Å². The Morgan fingerprint density at radius 2 is 2.00 bits per heavy atom. The molecule has 8 heteroatoms. The highest BCUT2D eigenvalue weighted by Crippen LogP contribution is 2.31. The van der Waals surface area contributed by atoms with Gasteiger partial charge in [-0.15, -0.1) is 0 Å². The largest absolute Gasteiger partial charge is 0.478 e. The number of benzene rings is 1. The van der Waals surface area contributed by atoms with Gasteiger partial charge < -0.3 is 10.4 Å². The van der Waals surface area contributed by atoms with Gasteiger partial charge in [-0.2, -0.15) is 5.10 Å². The van der Waals surface area contributed by atoms with Crippen molar-refractivity contribution in [1.82, 2.24) is 20.1 Å². The van der Waals surface area contributed by atoms with E-state index in [0.29, 0.717) is 5.69 Å². The zero-order chi connectivity index (χ0) is 19.7. The zero-order valence-corrected chi connectivity index (χ0v) is 14.8. The number of rotatable bonds is 4. The average Bonchev–Trinajstić information content (AvgIpc) is 3.13. The molecule has 1 aliphatic carbocycles. The number of carboxylic acid groups (broad SMARTS) is 1. The molecule has 2 N–H and O–H groups in total. The van der Waals surface area contributed by atoms with Gasteiger partial charge in [0.15, 0.2) is 0 Å². The lowest BCUT2D eigenvalue weighted by Gasteiger charge is -2.24. The summed E-state index contributed by atoms with van der Waals surface area (Å²) in [4.78, 5) is 27.4. The summed E-state index contributed by atoms with van der Waals surface area (Å²) in [5.74, 6) is -1.85. The number of halogens is 1. The summed E-state index contributed by atoms with van der Waals surface area (Å²) in [7, 11) is 0. The molecule has 3 aromatic rings. The number of nitrogens with one attached hydrogen (secondary N) is 1. The number of pyridine rings is 1. The predicted octanol–water partition coefficient (Wildman–Crippen LogP) is 2.91. The Balaban J connectivity index is 1.58. The summed E-state index contributed by atoms with van der Waals surface area (Å²) < 4.78 is 15.7. The molecule has 0 bridgehead atoms. The van der Waals surface area contributed by atoms with Crippen molar-refractivity contribution < 1.29 is 19.1 Å². The average molecular weight is 380 g/mol. The number of aromatic nitrogens is 3. The molecule has 1 aromatic carbocycles. The standard InChI is InChI=1S/C20H17FN4O3/c21-14-4-1-2-6-18(14)25-17-7-3-5-15(13(17)11-23-25)24-19(26)16-9-8-12(10-22-16)20(27)28/h1-2,4,6,8-11,15H,3,5,7H2,(H,24,26)(H,27,28). The molecule has 1 unspecified atom stereocenters. The molecule has 0 aliphatic heterocycles. The number of hydrogen-bond donors (Lipinski definition) is 2. The molecular weight excluding hydrogens is 363 g/mol. The maximum absolute atomic E-state index is 14.2. The number of nitrogens with zero attached hydrogens (tertiary/aromatic N) is 3. The fraction of sp³-hybridized carbons (Fsp3) is 0.200. The van der Waals surface area contributed by atoms with E-state index in [2.05, 4.69) is 15.4 Å².